The number of H-pyrrole nitrogens is 1. The molecule has 1 aromatic heterocycles. The van der Waals surface area contributed by atoms with E-state index in [2.05, 4.69) is 10.3 Å². The van der Waals surface area contributed by atoms with Crippen LogP contribution in [-0.2, 0) is 0 Å². The van der Waals surface area contributed by atoms with Gasteiger partial charge in [-0.3, -0.25) is 9.59 Å². The largest absolute Gasteiger partial charge is 0.491 e. The van der Waals surface area contributed by atoms with Crippen LogP contribution in [0.2, 0.25) is 0 Å². The molecule has 1 amide bonds. The van der Waals surface area contributed by atoms with Gasteiger partial charge < -0.3 is 15.0 Å². The number of pyridine rings is 1. The number of fused-ring (bicyclic) bond motifs is 1. The van der Waals surface area contributed by atoms with E-state index in [0.717, 1.165) is 11.8 Å². The quantitative estimate of drug-likeness (QED) is 0.890. The summed E-state index contributed by atoms with van der Waals surface area (Å²) < 4.78 is 4.89. The maximum Gasteiger partial charge on any atom is 0.267 e. The van der Waals surface area contributed by atoms with E-state index in [-0.39, 0.29) is 17.1 Å². The van der Waals surface area contributed by atoms with Gasteiger partial charge in [0.15, 0.2) is 5.75 Å². The Kier molecular flexibility index (Phi) is 3.99. The van der Waals surface area contributed by atoms with Crippen molar-refractivity contribution in [1.29, 1.82) is 0 Å². The topological polar surface area (TPSA) is 71.2 Å². The number of nitrogens with one attached hydrogen (secondary N) is 2. The number of hydrogen-bond acceptors (Lipinski definition) is 3. The number of amides is 1. The Bertz CT molecular complexity index is 581. The van der Waals surface area contributed by atoms with Gasteiger partial charge in [0.1, 0.15) is 5.69 Å². The predicted molar refractivity (Wildman–Crippen MR) is 79.5 cm³/mol. The molecule has 1 aromatic rings. The van der Waals surface area contributed by atoms with E-state index in [9.17, 15) is 9.59 Å². The second kappa shape index (κ2) is 5.92. The standard InChI is InChI=1S/C16H22N2O3/c1-21-15-9-17-13(7-14(15)19)16(20)18-8-11-6-5-10-3-2-4-12(10)11/h7,9-12H,2-6,8H2,1H3,(H,17,19)(H,18,20)/t10-,11+,12-/m0/s1. The zero-order valence-electron chi connectivity index (χ0n) is 12.4. The number of carbonyl (C=O) groups excluding carboxylic acids is 1. The van der Waals surface area contributed by atoms with E-state index in [4.69, 9.17) is 4.74 Å². The maximum absolute atomic E-state index is 12.1. The van der Waals surface area contributed by atoms with Crippen molar-refractivity contribution in [3.8, 4) is 5.75 Å². The van der Waals surface area contributed by atoms with Gasteiger partial charge in [0.2, 0.25) is 5.43 Å². The van der Waals surface area contributed by atoms with E-state index in [0.29, 0.717) is 18.2 Å². The Hall–Kier alpha value is -1.78. The van der Waals surface area contributed by atoms with Gasteiger partial charge in [-0.2, -0.15) is 0 Å². The van der Waals surface area contributed by atoms with Crippen LogP contribution in [-0.4, -0.2) is 24.5 Å². The van der Waals surface area contributed by atoms with Gasteiger partial charge in [-0.25, -0.2) is 0 Å². The highest BCUT2D eigenvalue weighted by Gasteiger charge is 2.38. The highest BCUT2D eigenvalue weighted by Crippen LogP contribution is 2.47. The van der Waals surface area contributed by atoms with Gasteiger partial charge in [0, 0.05) is 18.8 Å². The Balaban J connectivity index is 1.59. The molecule has 2 fully saturated rings. The van der Waals surface area contributed by atoms with Crippen molar-refractivity contribution < 1.29 is 9.53 Å². The van der Waals surface area contributed by atoms with Crippen LogP contribution in [0.4, 0.5) is 0 Å². The van der Waals surface area contributed by atoms with Crippen molar-refractivity contribution in [2.75, 3.05) is 13.7 Å². The molecular weight excluding hydrogens is 268 g/mol. The molecule has 21 heavy (non-hydrogen) atoms. The molecule has 0 aromatic carbocycles. The molecule has 0 unspecified atom stereocenters. The first-order chi connectivity index (χ1) is 10.2. The minimum absolute atomic E-state index is 0.212. The predicted octanol–water partition coefficient (Wildman–Crippen LogP) is 1.94. The van der Waals surface area contributed by atoms with Crippen molar-refractivity contribution >= 4 is 5.91 Å². The molecule has 5 nitrogen and oxygen atoms in total. The van der Waals surface area contributed by atoms with Gasteiger partial charge >= 0.3 is 0 Å². The van der Waals surface area contributed by atoms with Crippen LogP contribution in [0.15, 0.2) is 17.1 Å². The number of aromatic nitrogens is 1. The molecule has 0 bridgehead atoms. The normalized spacial score (nSPS) is 27.4. The summed E-state index contributed by atoms with van der Waals surface area (Å²) in [5.41, 5.74) is 0.0138. The summed E-state index contributed by atoms with van der Waals surface area (Å²) in [6.07, 6.45) is 7.97. The van der Waals surface area contributed by atoms with Crippen LogP contribution in [0.25, 0.3) is 0 Å². The molecule has 5 heteroatoms. The highest BCUT2D eigenvalue weighted by atomic mass is 16.5. The van der Waals surface area contributed by atoms with Gasteiger partial charge in [0.05, 0.1) is 7.11 Å². The zero-order valence-corrected chi connectivity index (χ0v) is 12.4. The Morgan fingerprint density at radius 1 is 1.38 bits per heavy atom. The molecule has 0 spiro atoms. The molecule has 2 N–H and O–H groups in total. The van der Waals surface area contributed by atoms with E-state index in [1.54, 1.807) is 0 Å². The first kappa shape index (κ1) is 14.2. The number of rotatable bonds is 4. The lowest BCUT2D eigenvalue weighted by atomic mass is 9.92. The minimum atomic E-state index is -0.280. The summed E-state index contributed by atoms with van der Waals surface area (Å²) in [6.45, 7) is 0.716. The first-order valence-corrected chi connectivity index (χ1v) is 7.74. The number of ether oxygens (including phenoxy) is 1. The van der Waals surface area contributed by atoms with Crippen LogP contribution in [0.1, 0.15) is 42.6 Å². The molecule has 2 saturated carbocycles. The summed E-state index contributed by atoms with van der Waals surface area (Å²) >= 11 is 0. The molecule has 0 radical (unpaired) electrons. The number of methoxy groups -OCH3 is 1. The van der Waals surface area contributed by atoms with Gasteiger partial charge in [-0.1, -0.05) is 12.8 Å². The highest BCUT2D eigenvalue weighted by molar-refractivity contribution is 5.92. The lowest BCUT2D eigenvalue weighted by Crippen LogP contribution is -2.32. The number of carbonyl (C=O) groups is 1. The third-order valence-corrected chi connectivity index (χ3v) is 5.10. The molecule has 3 rings (SSSR count). The van der Waals surface area contributed by atoms with E-state index in [1.807, 2.05) is 0 Å². The SMILES string of the molecule is COc1c[nH]c(C(=O)NC[C@H]2CC[C@@H]3CCC[C@@H]32)cc1=O. The van der Waals surface area contributed by atoms with Crippen molar-refractivity contribution in [2.45, 2.75) is 32.1 Å². The molecule has 3 atom stereocenters. The Labute approximate surface area is 124 Å². The molecule has 2 aliphatic rings. The summed E-state index contributed by atoms with van der Waals surface area (Å²) in [5.74, 6) is 2.28. The van der Waals surface area contributed by atoms with Crippen LogP contribution >= 0.6 is 0 Å². The lowest BCUT2D eigenvalue weighted by molar-refractivity contribution is 0.0938. The molecular formula is C16H22N2O3. The van der Waals surface area contributed by atoms with Gasteiger partial charge in [-0.05, 0) is 37.0 Å². The van der Waals surface area contributed by atoms with Crippen LogP contribution in [0.3, 0.4) is 0 Å². The smallest absolute Gasteiger partial charge is 0.267 e. The van der Waals surface area contributed by atoms with Crippen molar-refractivity contribution in [3.05, 3.63) is 28.2 Å². The van der Waals surface area contributed by atoms with E-state index < -0.39 is 0 Å². The second-order valence-electron chi connectivity index (χ2n) is 6.18. The molecule has 0 saturated heterocycles. The van der Waals surface area contributed by atoms with Crippen molar-refractivity contribution in [3.63, 3.8) is 0 Å². The average molecular weight is 290 g/mol. The lowest BCUT2D eigenvalue weighted by Gasteiger charge is -2.18. The summed E-state index contributed by atoms with van der Waals surface area (Å²) in [6, 6.07) is 1.29. The molecule has 114 valence electrons. The van der Waals surface area contributed by atoms with Crippen LogP contribution < -0.4 is 15.5 Å². The molecule has 0 aliphatic heterocycles. The fourth-order valence-corrected chi connectivity index (χ4v) is 4.01. The molecule has 2 aliphatic carbocycles. The van der Waals surface area contributed by atoms with Crippen molar-refractivity contribution in [1.82, 2.24) is 10.3 Å². The minimum Gasteiger partial charge on any atom is -0.491 e. The molecule has 1 heterocycles. The Morgan fingerprint density at radius 2 is 2.24 bits per heavy atom. The average Bonchev–Trinajstić information content (AvgIpc) is 3.08. The van der Waals surface area contributed by atoms with Gasteiger partial charge in [-0.15, -0.1) is 0 Å². The maximum atomic E-state index is 12.1. The van der Waals surface area contributed by atoms with E-state index >= 15 is 0 Å². The third kappa shape index (κ3) is 2.82. The third-order valence-electron chi connectivity index (χ3n) is 5.10. The number of aromatic amines is 1. The summed E-state index contributed by atoms with van der Waals surface area (Å²) in [7, 11) is 1.43. The number of hydrogen-bond donors (Lipinski definition) is 2. The van der Waals surface area contributed by atoms with Crippen LogP contribution in [0, 0.1) is 17.8 Å². The first-order valence-electron chi connectivity index (χ1n) is 7.74. The zero-order chi connectivity index (χ0) is 14.8. The van der Waals surface area contributed by atoms with Gasteiger partial charge in [0.25, 0.3) is 5.91 Å². The fourth-order valence-electron chi connectivity index (χ4n) is 4.01. The summed E-state index contributed by atoms with van der Waals surface area (Å²) in [5, 5.41) is 2.97. The second-order valence-corrected chi connectivity index (χ2v) is 6.18. The summed E-state index contributed by atoms with van der Waals surface area (Å²) in [4.78, 5) is 26.6. The van der Waals surface area contributed by atoms with E-state index in [1.165, 1.54) is 51.5 Å². The monoisotopic (exact) mass is 290 g/mol. The fraction of sp³-hybridized carbons (Fsp3) is 0.625. The van der Waals surface area contributed by atoms with Crippen LogP contribution in [0.5, 0.6) is 5.75 Å². The van der Waals surface area contributed by atoms with Crippen molar-refractivity contribution in [2.24, 2.45) is 17.8 Å². The Morgan fingerprint density at radius 3 is 3.00 bits per heavy atom.